The molecule has 1 unspecified atom stereocenters. The van der Waals surface area contributed by atoms with E-state index in [1.54, 1.807) is 0 Å². The number of anilines is 1. The smallest absolute Gasteiger partial charge is 0.238 e. The van der Waals surface area contributed by atoms with Crippen LogP contribution in [0, 0.1) is 11.3 Å². The van der Waals surface area contributed by atoms with Gasteiger partial charge in [0.2, 0.25) is 15.9 Å². The number of carbonyl (C=O) groups is 1. The summed E-state index contributed by atoms with van der Waals surface area (Å²) < 4.78 is 22.7. The van der Waals surface area contributed by atoms with Crippen LogP contribution >= 0.6 is 11.6 Å². The van der Waals surface area contributed by atoms with E-state index in [-0.39, 0.29) is 32.8 Å². The molecule has 0 aliphatic heterocycles. The molecule has 3 N–H and O–H groups in total. The van der Waals surface area contributed by atoms with Crippen molar-refractivity contribution in [3.05, 3.63) is 23.2 Å². The molecule has 0 radical (unpaired) electrons. The number of hydrogen-bond acceptors (Lipinski definition) is 3. The van der Waals surface area contributed by atoms with Crippen molar-refractivity contribution in [1.82, 2.24) is 0 Å². The fraction of sp³-hybridized carbons (Fsp3) is 0.500. The molecular formula is C14H19ClN2O3S. The Hall–Kier alpha value is -1.11. The van der Waals surface area contributed by atoms with E-state index in [0.717, 1.165) is 19.3 Å². The number of nitrogens with two attached hydrogens (primary N) is 1. The lowest BCUT2D eigenvalue weighted by Crippen LogP contribution is -2.31. The maximum Gasteiger partial charge on any atom is 0.238 e. The highest BCUT2D eigenvalue weighted by atomic mass is 35.5. The van der Waals surface area contributed by atoms with Crippen LogP contribution in [0.1, 0.15) is 33.1 Å². The van der Waals surface area contributed by atoms with Crippen LogP contribution in [0.4, 0.5) is 5.69 Å². The molecule has 21 heavy (non-hydrogen) atoms. The van der Waals surface area contributed by atoms with Crippen molar-refractivity contribution < 1.29 is 13.2 Å². The molecule has 116 valence electrons. The molecule has 1 aromatic carbocycles. The molecule has 1 saturated carbocycles. The van der Waals surface area contributed by atoms with E-state index in [1.807, 2.05) is 0 Å². The highest BCUT2D eigenvalue weighted by molar-refractivity contribution is 7.89. The van der Waals surface area contributed by atoms with Gasteiger partial charge in [0.1, 0.15) is 0 Å². The Bertz CT molecular complexity index is 671. The number of halogens is 1. The summed E-state index contributed by atoms with van der Waals surface area (Å²) in [4.78, 5) is 12.3. The first-order chi connectivity index (χ1) is 9.61. The largest absolute Gasteiger partial charge is 0.324 e. The second-order valence-corrected chi connectivity index (χ2v) is 8.08. The first-order valence-electron chi connectivity index (χ1n) is 6.74. The number of carbonyl (C=O) groups excluding carboxylic acids is 1. The zero-order chi connectivity index (χ0) is 15.8. The molecule has 1 aromatic rings. The Morgan fingerprint density at radius 2 is 2.10 bits per heavy atom. The summed E-state index contributed by atoms with van der Waals surface area (Å²) in [5.74, 6) is -0.238. The van der Waals surface area contributed by atoms with Gasteiger partial charge in [-0.25, -0.2) is 13.6 Å². The number of hydrogen-bond donors (Lipinski definition) is 2. The summed E-state index contributed by atoms with van der Waals surface area (Å²) in [5, 5.41) is 8.10. The standard InChI is InChI=1S/C14H19ClN2O3S/c1-14(2)7-3-4-10(14)13(18)17-12-8-9(21(16,19)20)5-6-11(12)15/h5-6,8,10H,3-4,7H2,1-2H3,(H,17,18)(H2,16,19,20). The number of amides is 1. The SMILES string of the molecule is CC1(C)CCCC1C(=O)Nc1cc(S(N)(=O)=O)ccc1Cl. The highest BCUT2D eigenvalue weighted by Gasteiger charge is 2.39. The van der Waals surface area contributed by atoms with Gasteiger partial charge in [-0.2, -0.15) is 0 Å². The molecule has 0 aromatic heterocycles. The van der Waals surface area contributed by atoms with E-state index in [2.05, 4.69) is 19.2 Å². The summed E-state index contributed by atoms with van der Waals surface area (Å²) in [6.07, 6.45) is 2.83. The van der Waals surface area contributed by atoms with Crippen LogP contribution in [0.2, 0.25) is 5.02 Å². The topological polar surface area (TPSA) is 89.3 Å². The molecule has 2 rings (SSSR count). The van der Waals surface area contributed by atoms with E-state index in [9.17, 15) is 13.2 Å². The minimum Gasteiger partial charge on any atom is -0.324 e. The predicted octanol–water partition coefficient (Wildman–Crippen LogP) is 2.75. The molecule has 1 amide bonds. The third kappa shape index (κ3) is 3.56. The van der Waals surface area contributed by atoms with Crippen LogP contribution in [0.3, 0.4) is 0 Å². The lowest BCUT2D eigenvalue weighted by molar-refractivity contribution is -0.122. The van der Waals surface area contributed by atoms with Gasteiger partial charge in [0.15, 0.2) is 0 Å². The molecule has 1 aliphatic carbocycles. The van der Waals surface area contributed by atoms with E-state index in [1.165, 1.54) is 18.2 Å². The minimum atomic E-state index is -3.83. The normalized spacial score (nSPS) is 21.2. The maximum atomic E-state index is 12.4. The Morgan fingerprint density at radius 3 is 2.62 bits per heavy atom. The van der Waals surface area contributed by atoms with Crippen molar-refractivity contribution in [2.45, 2.75) is 38.0 Å². The van der Waals surface area contributed by atoms with Gasteiger partial charge in [-0.05, 0) is 36.5 Å². The van der Waals surface area contributed by atoms with E-state index in [4.69, 9.17) is 16.7 Å². The maximum absolute atomic E-state index is 12.4. The van der Waals surface area contributed by atoms with E-state index < -0.39 is 10.0 Å². The number of sulfonamides is 1. The number of nitrogens with one attached hydrogen (secondary N) is 1. The van der Waals surface area contributed by atoms with Crippen molar-refractivity contribution in [3.8, 4) is 0 Å². The molecule has 5 nitrogen and oxygen atoms in total. The summed E-state index contributed by atoms with van der Waals surface area (Å²) in [7, 11) is -3.83. The molecule has 1 atom stereocenters. The van der Waals surface area contributed by atoms with Crippen LogP contribution in [-0.2, 0) is 14.8 Å². The lowest BCUT2D eigenvalue weighted by atomic mass is 9.81. The third-order valence-corrected chi connectivity index (χ3v) is 5.34. The second-order valence-electron chi connectivity index (χ2n) is 6.11. The van der Waals surface area contributed by atoms with Gasteiger partial charge in [-0.15, -0.1) is 0 Å². The highest BCUT2D eigenvalue weighted by Crippen LogP contribution is 2.43. The number of primary sulfonamides is 1. The van der Waals surface area contributed by atoms with Crippen LogP contribution in [-0.4, -0.2) is 14.3 Å². The van der Waals surface area contributed by atoms with Gasteiger partial charge in [0.05, 0.1) is 15.6 Å². The molecular weight excluding hydrogens is 312 g/mol. The van der Waals surface area contributed by atoms with E-state index in [0.29, 0.717) is 0 Å². The van der Waals surface area contributed by atoms with Gasteiger partial charge < -0.3 is 5.32 Å². The average molecular weight is 331 g/mol. The van der Waals surface area contributed by atoms with Gasteiger partial charge >= 0.3 is 0 Å². The van der Waals surface area contributed by atoms with Crippen molar-refractivity contribution in [2.75, 3.05) is 5.32 Å². The fourth-order valence-electron chi connectivity index (χ4n) is 2.81. The molecule has 1 aliphatic rings. The summed E-state index contributed by atoms with van der Waals surface area (Å²) in [6.45, 7) is 4.12. The Labute approximate surface area is 129 Å². The van der Waals surface area contributed by atoms with Gasteiger partial charge in [-0.3, -0.25) is 4.79 Å². The predicted molar refractivity (Wildman–Crippen MR) is 82.6 cm³/mol. The van der Waals surface area contributed by atoms with Crippen molar-refractivity contribution in [3.63, 3.8) is 0 Å². The van der Waals surface area contributed by atoms with Gasteiger partial charge in [0.25, 0.3) is 0 Å². The van der Waals surface area contributed by atoms with Crippen molar-refractivity contribution >= 4 is 33.2 Å². The monoisotopic (exact) mass is 330 g/mol. The van der Waals surface area contributed by atoms with Crippen LogP contribution in [0.15, 0.2) is 23.1 Å². The Balaban J connectivity index is 2.25. The Kier molecular flexibility index (Phi) is 4.33. The van der Waals surface area contributed by atoms with Crippen LogP contribution < -0.4 is 10.5 Å². The second kappa shape index (κ2) is 5.59. The van der Waals surface area contributed by atoms with Crippen LogP contribution in [0.5, 0.6) is 0 Å². The molecule has 0 heterocycles. The van der Waals surface area contributed by atoms with Gasteiger partial charge in [0, 0.05) is 5.92 Å². The number of rotatable bonds is 3. The quantitative estimate of drug-likeness (QED) is 0.893. The lowest BCUT2D eigenvalue weighted by Gasteiger charge is -2.26. The Morgan fingerprint density at radius 1 is 1.43 bits per heavy atom. The average Bonchev–Trinajstić information content (AvgIpc) is 2.70. The summed E-state index contributed by atoms with van der Waals surface area (Å²) in [6, 6.07) is 4.01. The van der Waals surface area contributed by atoms with Gasteiger partial charge in [-0.1, -0.05) is 31.9 Å². The fourth-order valence-corrected chi connectivity index (χ4v) is 3.51. The first kappa shape index (κ1) is 16.3. The molecule has 0 spiro atoms. The molecule has 0 saturated heterocycles. The zero-order valence-electron chi connectivity index (χ0n) is 12.0. The summed E-state index contributed by atoms with van der Waals surface area (Å²) >= 11 is 6.02. The molecule has 1 fully saturated rings. The first-order valence-corrected chi connectivity index (χ1v) is 8.67. The van der Waals surface area contributed by atoms with Crippen LogP contribution in [0.25, 0.3) is 0 Å². The number of benzene rings is 1. The molecule has 7 heteroatoms. The molecule has 0 bridgehead atoms. The van der Waals surface area contributed by atoms with Crippen molar-refractivity contribution in [2.24, 2.45) is 16.5 Å². The van der Waals surface area contributed by atoms with Crippen molar-refractivity contribution in [1.29, 1.82) is 0 Å². The summed E-state index contributed by atoms with van der Waals surface area (Å²) in [5.41, 5.74) is 0.213. The third-order valence-electron chi connectivity index (χ3n) is 4.10. The minimum absolute atomic E-state index is 0.0614. The zero-order valence-corrected chi connectivity index (χ0v) is 13.6. The van der Waals surface area contributed by atoms with E-state index >= 15 is 0 Å².